The topological polar surface area (TPSA) is 82.2 Å². The zero-order valence-electron chi connectivity index (χ0n) is 26.7. The van der Waals surface area contributed by atoms with Crippen LogP contribution in [0.2, 0.25) is 0 Å². The van der Waals surface area contributed by atoms with Crippen molar-refractivity contribution in [2.45, 2.75) is 6.23 Å². The zero-order valence-corrected chi connectivity index (χ0v) is 26.7. The second-order valence-corrected chi connectivity index (χ2v) is 12.4. The van der Waals surface area contributed by atoms with Gasteiger partial charge in [0, 0.05) is 33.2 Å². The van der Waals surface area contributed by atoms with E-state index in [1.165, 1.54) is 4.90 Å². The maximum atomic E-state index is 14.4. The van der Waals surface area contributed by atoms with Crippen LogP contribution in [0, 0.1) is 11.3 Å². The molecular weight excluding hydrogens is 617 g/mol. The van der Waals surface area contributed by atoms with Crippen molar-refractivity contribution in [3.05, 3.63) is 175 Å². The molecule has 0 radical (unpaired) electrons. The Morgan fingerprint density at radius 3 is 1.96 bits per heavy atom. The van der Waals surface area contributed by atoms with Gasteiger partial charge in [0.15, 0.2) is 6.23 Å². The van der Waals surface area contributed by atoms with Crippen LogP contribution in [0.3, 0.4) is 0 Å². The van der Waals surface area contributed by atoms with E-state index in [1.54, 1.807) is 12.1 Å². The van der Waals surface area contributed by atoms with E-state index in [1.807, 2.05) is 127 Å². The third-order valence-corrected chi connectivity index (χ3v) is 9.52. The highest BCUT2D eigenvalue weighted by molar-refractivity contribution is 6.15. The van der Waals surface area contributed by atoms with Crippen LogP contribution in [0.5, 0.6) is 0 Å². The molecule has 0 aliphatic carbocycles. The minimum Gasteiger partial charge on any atom is -0.369 e. The molecule has 1 atom stereocenters. The Labute approximate surface area is 288 Å². The highest BCUT2D eigenvalue weighted by Gasteiger charge is 2.39. The molecule has 2 aromatic heterocycles. The minimum atomic E-state index is -1.26. The Bertz CT molecular complexity index is 2600. The van der Waals surface area contributed by atoms with E-state index >= 15 is 0 Å². The monoisotopic (exact) mass is 644 g/mol. The van der Waals surface area contributed by atoms with Gasteiger partial charge in [0.2, 0.25) is 0 Å². The van der Waals surface area contributed by atoms with Crippen molar-refractivity contribution in [2.75, 3.05) is 4.90 Å². The summed E-state index contributed by atoms with van der Waals surface area (Å²) in [5.74, 6) is -0.275. The van der Waals surface area contributed by atoms with Crippen LogP contribution >= 0.6 is 0 Å². The summed E-state index contributed by atoms with van der Waals surface area (Å²) in [7, 11) is 0. The van der Waals surface area contributed by atoms with Gasteiger partial charge in [0.25, 0.3) is 5.91 Å². The lowest BCUT2D eigenvalue weighted by molar-refractivity contribution is 0.0935. The normalized spacial score (nSPS) is 13.9. The van der Waals surface area contributed by atoms with Gasteiger partial charge in [-0.15, -0.1) is 0 Å². The Hall–Kier alpha value is -6.81. The Balaban J connectivity index is 1.26. The van der Waals surface area contributed by atoms with Gasteiger partial charge in [0.05, 0.1) is 22.4 Å². The van der Waals surface area contributed by atoms with Crippen LogP contribution < -0.4 is 4.90 Å². The molecule has 6 aromatic carbocycles. The molecule has 0 fully saturated rings. The molecule has 0 saturated heterocycles. The van der Waals surface area contributed by atoms with E-state index < -0.39 is 6.23 Å². The first-order valence-corrected chi connectivity index (χ1v) is 16.4. The lowest BCUT2D eigenvalue weighted by Gasteiger charge is -2.24. The molecule has 1 aliphatic heterocycles. The Kier molecular flexibility index (Phi) is 6.87. The first-order chi connectivity index (χ1) is 24.6. The van der Waals surface area contributed by atoms with Crippen molar-refractivity contribution in [3.63, 3.8) is 0 Å². The summed E-state index contributed by atoms with van der Waals surface area (Å²) < 4.78 is 2.12. The molecule has 9 rings (SSSR count). The molecule has 1 amide bonds. The molecule has 6 nitrogen and oxygen atoms in total. The van der Waals surface area contributed by atoms with Crippen molar-refractivity contribution in [2.24, 2.45) is 0 Å². The molecule has 0 saturated carbocycles. The number of anilines is 1. The largest absolute Gasteiger partial charge is 0.369 e. The molecule has 6 heteroatoms. The number of carbonyl (C=O) groups excluding carboxylic acids is 1. The average Bonchev–Trinajstić information content (AvgIpc) is 3.66. The van der Waals surface area contributed by atoms with Gasteiger partial charge < -0.3 is 9.67 Å². The fraction of sp³-hybridized carbons (Fsp3) is 0.0227. The van der Waals surface area contributed by atoms with Crippen LogP contribution in [0.4, 0.5) is 5.69 Å². The van der Waals surface area contributed by atoms with Crippen molar-refractivity contribution in [1.82, 2.24) is 9.55 Å². The highest BCUT2D eigenvalue weighted by atomic mass is 16.3. The van der Waals surface area contributed by atoms with E-state index in [0.29, 0.717) is 33.9 Å². The molecule has 3 heterocycles. The van der Waals surface area contributed by atoms with Crippen LogP contribution in [0.25, 0.3) is 61.0 Å². The molecule has 1 aliphatic rings. The smallest absolute Gasteiger partial charge is 0.261 e. The maximum Gasteiger partial charge on any atom is 0.261 e. The summed E-state index contributed by atoms with van der Waals surface area (Å²) >= 11 is 0. The van der Waals surface area contributed by atoms with Crippen LogP contribution in [0.1, 0.15) is 27.8 Å². The summed E-state index contributed by atoms with van der Waals surface area (Å²) in [5.41, 5.74) is 9.80. The number of aliphatic hydroxyl groups excluding tert-OH is 1. The number of nitriles is 1. The fourth-order valence-corrected chi connectivity index (χ4v) is 7.30. The number of rotatable bonds is 5. The number of amides is 1. The second kappa shape index (κ2) is 11.7. The number of benzene rings is 6. The third-order valence-electron chi connectivity index (χ3n) is 9.52. The molecule has 1 unspecified atom stereocenters. The van der Waals surface area contributed by atoms with E-state index in [0.717, 1.165) is 49.6 Å². The number of aromatic nitrogens is 2. The SMILES string of the molecule is N#Cc1cccc(-c2cccc3c4ccccc4n(-c4cccc5c4C(O)N(c4cc(-c6ccccc6)cc(-c6ccccc6)c4)C5=O)c23)n1. The van der Waals surface area contributed by atoms with Crippen molar-refractivity contribution < 1.29 is 9.90 Å². The lowest BCUT2D eigenvalue weighted by atomic mass is 9.97. The van der Waals surface area contributed by atoms with E-state index in [9.17, 15) is 15.2 Å². The van der Waals surface area contributed by atoms with Gasteiger partial charge in [-0.2, -0.15) is 5.26 Å². The molecule has 236 valence electrons. The number of fused-ring (bicyclic) bond motifs is 4. The highest BCUT2D eigenvalue weighted by Crippen LogP contribution is 2.45. The Morgan fingerprint density at radius 2 is 1.24 bits per heavy atom. The number of hydrogen-bond donors (Lipinski definition) is 1. The molecule has 0 spiro atoms. The van der Waals surface area contributed by atoms with Gasteiger partial charge in [0.1, 0.15) is 11.8 Å². The fourth-order valence-electron chi connectivity index (χ4n) is 7.30. The van der Waals surface area contributed by atoms with Crippen molar-refractivity contribution in [1.29, 1.82) is 5.26 Å². The number of nitrogens with zero attached hydrogens (tertiary/aromatic N) is 4. The molecule has 0 bridgehead atoms. The van der Waals surface area contributed by atoms with Crippen LogP contribution in [-0.4, -0.2) is 20.6 Å². The summed E-state index contributed by atoms with van der Waals surface area (Å²) in [6.45, 7) is 0. The first-order valence-electron chi connectivity index (χ1n) is 16.4. The summed E-state index contributed by atoms with van der Waals surface area (Å²) in [6, 6.07) is 53.6. The lowest BCUT2D eigenvalue weighted by Crippen LogP contribution is -2.27. The van der Waals surface area contributed by atoms with Gasteiger partial charge in [-0.3, -0.25) is 9.69 Å². The van der Waals surface area contributed by atoms with Gasteiger partial charge >= 0.3 is 0 Å². The number of para-hydroxylation sites is 2. The zero-order chi connectivity index (χ0) is 33.8. The standard InChI is InChI=1S/C44H28N4O2/c45-27-32-16-9-21-38(46-32)36-19-10-18-35-34-17-7-8-22-39(34)48(42(35)36)40-23-11-20-37-41(40)44(50)47(43(37)49)33-25-30(28-12-3-1-4-13-28)24-31(26-33)29-14-5-2-6-15-29/h1-26,44,50H. The van der Waals surface area contributed by atoms with Crippen molar-refractivity contribution in [3.8, 4) is 45.3 Å². The summed E-state index contributed by atoms with van der Waals surface area (Å²) in [4.78, 5) is 20.6. The number of aliphatic hydroxyl groups is 1. The quantitative estimate of drug-likeness (QED) is 0.202. The first kappa shape index (κ1) is 29.3. The van der Waals surface area contributed by atoms with Crippen LogP contribution in [0.15, 0.2) is 158 Å². The van der Waals surface area contributed by atoms with Gasteiger partial charge in [-0.25, -0.2) is 4.98 Å². The molecular formula is C44H28N4O2. The number of pyridine rings is 1. The van der Waals surface area contributed by atoms with E-state index in [-0.39, 0.29) is 5.91 Å². The number of carbonyl (C=O) groups is 1. The predicted octanol–water partition coefficient (Wildman–Crippen LogP) is 9.70. The van der Waals surface area contributed by atoms with Crippen LogP contribution in [-0.2, 0) is 0 Å². The molecule has 8 aromatic rings. The molecule has 1 N–H and O–H groups in total. The average molecular weight is 645 g/mol. The van der Waals surface area contributed by atoms with E-state index in [2.05, 4.69) is 33.8 Å². The minimum absolute atomic E-state index is 0.275. The summed E-state index contributed by atoms with van der Waals surface area (Å²) in [5, 5.41) is 24.0. The Morgan fingerprint density at radius 1 is 0.620 bits per heavy atom. The second-order valence-electron chi connectivity index (χ2n) is 12.4. The maximum absolute atomic E-state index is 14.4. The van der Waals surface area contributed by atoms with Crippen molar-refractivity contribution >= 4 is 33.4 Å². The van der Waals surface area contributed by atoms with E-state index in [4.69, 9.17) is 0 Å². The molecule has 50 heavy (non-hydrogen) atoms. The third kappa shape index (κ3) is 4.61. The summed E-state index contributed by atoms with van der Waals surface area (Å²) in [6.07, 6.45) is -1.26. The van der Waals surface area contributed by atoms with Gasteiger partial charge in [-0.1, -0.05) is 109 Å². The predicted molar refractivity (Wildman–Crippen MR) is 198 cm³/mol. The number of hydrogen-bond acceptors (Lipinski definition) is 4. The van der Waals surface area contributed by atoms with Gasteiger partial charge in [-0.05, 0) is 70.8 Å².